The van der Waals surface area contributed by atoms with E-state index in [1.165, 1.54) is 10.9 Å². The van der Waals surface area contributed by atoms with E-state index < -0.39 is 11.6 Å². The standard InChI is InChI=1S/C19H21N3O3/c1-19(2)17(16(24)10-14-15(23)8-5-9-22(14)19)21-11-20-13-7-4-3-6-12(13)18(21)25/h3-4,6-7,11,14,17H,5,8-10H2,1-2H3/t14-,17+/m1/s1. The molecule has 25 heavy (non-hydrogen) atoms. The number of ketones is 2. The molecule has 2 aromatic rings. The largest absolute Gasteiger partial charge is 0.298 e. The Labute approximate surface area is 145 Å². The van der Waals surface area contributed by atoms with Crippen molar-refractivity contribution in [2.45, 2.75) is 50.7 Å². The molecule has 0 bridgehead atoms. The molecule has 1 aromatic carbocycles. The molecule has 0 aliphatic carbocycles. The van der Waals surface area contributed by atoms with Gasteiger partial charge in [0.2, 0.25) is 0 Å². The van der Waals surface area contributed by atoms with E-state index in [1.807, 2.05) is 19.9 Å². The molecule has 6 nitrogen and oxygen atoms in total. The highest BCUT2D eigenvalue weighted by molar-refractivity contribution is 5.94. The van der Waals surface area contributed by atoms with E-state index in [0.717, 1.165) is 13.0 Å². The Morgan fingerprint density at radius 3 is 2.68 bits per heavy atom. The van der Waals surface area contributed by atoms with Crippen LogP contribution in [0.4, 0.5) is 0 Å². The Morgan fingerprint density at radius 2 is 1.88 bits per heavy atom. The summed E-state index contributed by atoms with van der Waals surface area (Å²) in [4.78, 5) is 44.6. The lowest BCUT2D eigenvalue weighted by Crippen LogP contribution is -2.65. The molecule has 2 aliphatic rings. The molecule has 0 spiro atoms. The zero-order valence-corrected chi connectivity index (χ0v) is 14.4. The van der Waals surface area contributed by atoms with E-state index in [4.69, 9.17) is 0 Å². The molecule has 3 heterocycles. The molecule has 0 amide bonds. The first-order valence-corrected chi connectivity index (χ1v) is 8.69. The fraction of sp³-hybridized carbons (Fsp3) is 0.474. The van der Waals surface area contributed by atoms with E-state index >= 15 is 0 Å². The molecule has 2 fully saturated rings. The first kappa shape index (κ1) is 16.1. The summed E-state index contributed by atoms with van der Waals surface area (Å²) in [7, 11) is 0. The third-order valence-electron chi connectivity index (χ3n) is 5.65. The zero-order valence-electron chi connectivity index (χ0n) is 14.4. The lowest BCUT2D eigenvalue weighted by molar-refractivity contribution is -0.148. The van der Waals surface area contributed by atoms with Gasteiger partial charge in [-0.2, -0.15) is 0 Å². The molecule has 1 aromatic heterocycles. The highest BCUT2D eigenvalue weighted by Gasteiger charge is 2.52. The van der Waals surface area contributed by atoms with Crippen LogP contribution >= 0.6 is 0 Å². The van der Waals surface area contributed by atoms with E-state index in [2.05, 4.69) is 9.88 Å². The van der Waals surface area contributed by atoms with Crippen molar-refractivity contribution in [3.05, 3.63) is 40.9 Å². The van der Waals surface area contributed by atoms with Crippen molar-refractivity contribution < 1.29 is 9.59 Å². The van der Waals surface area contributed by atoms with Crippen molar-refractivity contribution >= 4 is 22.5 Å². The number of Topliss-reactive ketones (excluding diaryl/α,β-unsaturated/α-hetero) is 2. The number of hydrogen-bond donors (Lipinski definition) is 0. The van der Waals surface area contributed by atoms with Crippen molar-refractivity contribution in [1.29, 1.82) is 0 Å². The van der Waals surface area contributed by atoms with Gasteiger partial charge < -0.3 is 0 Å². The number of fused-ring (bicyclic) bond motifs is 2. The quantitative estimate of drug-likeness (QED) is 0.791. The molecule has 4 rings (SSSR count). The molecule has 2 atom stereocenters. The maximum atomic E-state index is 13.0. The number of benzene rings is 1. The van der Waals surface area contributed by atoms with Crippen LogP contribution in [-0.2, 0) is 9.59 Å². The Kier molecular flexibility index (Phi) is 3.61. The predicted molar refractivity (Wildman–Crippen MR) is 93.5 cm³/mol. The Hall–Kier alpha value is -2.34. The van der Waals surface area contributed by atoms with Crippen LogP contribution in [0, 0.1) is 0 Å². The second kappa shape index (κ2) is 5.59. The van der Waals surface area contributed by atoms with Gasteiger partial charge in [-0.15, -0.1) is 0 Å². The number of carbonyl (C=O) groups excluding carboxylic acids is 2. The van der Waals surface area contributed by atoms with Crippen molar-refractivity contribution in [3.63, 3.8) is 0 Å². The van der Waals surface area contributed by atoms with E-state index in [0.29, 0.717) is 17.3 Å². The van der Waals surface area contributed by atoms with Gasteiger partial charge in [0.1, 0.15) is 11.8 Å². The van der Waals surface area contributed by atoms with Gasteiger partial charge >= 0.3 is 0 Å². The zero-order chi connectivity index (χ0) is 17.8. The monoisotopic (exact) mass is 339 g/mol. The Bertz CT molecular complexity index is 931. The molecule has 2 saturated heterocycles. The maximum Gasteiger partial charge on any atom is 0.261 e. The summed E-state index contributed by atoms with van der Waals surface area (Å²) in [5.41, 5.74) is -0.209. The summed E-state index contributed by atoms with van der Waals surface area (Å²) in [6, 6.07) is 6.15. The van der Waals surface area contributed by atoms with E-state index in [1.54, 1.807) is 18.2 Å². The SMILES string of the molecule is CC1(C)[C@@H](n2cnc3ccccc3c2=O)C(=O)C[C@@H]2C(=O)CCCN21. The smallest absolute Gasteiger partial charge is 0.261 e. The third-order valence-corrected chi connectivity index (χ3v) is 5.65. The van der Waals surface area contributed by atoms with Gasteiger partial charge in [-0.25, -0.2) is 4.98 Å². The molecule has 0 unspecified atom stereocenters. The summed E-state index contributed by atoms with van der Waals surface area (Å²) < 4.78 is 1.46. The first-order valence-electron chi connectivity index (χ1n) is 8.69. The van der Waals surface area contributed by atoms with Crippen LogP contribution < -0.4 is 5.56 Å². The molecular formula is C19H21N3O3. The predicted octanol–water partition coefficient (Wildman–Crippen LogP) is 1.72. The average Bonchev–Trinajstić information content (AvgIpc) is 2.58. The highest BCUT2D eigenvalue weighted by atomic mass is 16.2. The normalized spacial score (nSPS) is 26.6. The van der Waals surface area contributed by atoms with Crippen molar-refractivity contribution in [1.82, 2.24) is 14.5 Å². The van der Waals surface area contributed by atoms with E-state index in [-0.39, 0.29) is 29.6 Å². The summed E-state index contributed by atoms with van der Waals surface area (Å²) in [5.74, 6) is 0.0655. The molecule has 6 heteroatoms. The lowest BCUT2D eigenvalue weighted by atomic mass is 9.77. The number of carbonyl (C=O) groups is 2. The molecule has 0 saturated carbocycles. The summed E-state index contributed by atoms with van der Waals surface area (Å²) in [6.45, 7) is 4.66. The third kappa shape index (κ3) is 2.35. The van der Waals surface area contributed by atoms with Crippen LogP contribution in [0.3, 0.4) is 0 Å². The van der Waals surface area contributed by atoms with Gasteiger partial charge in [-0.3, -0.25) is 23.9 Å². The van der Waals surface area contributed by atoms with Crippen LogP contribution in [0.5, 0.6) is 0 Å². The number of aromatic nitrogens is 2. The Balaban J connectivity index is 1.85. The number of hydrogen-bond acceptors (Lipinski definition) is 5. The number of piperidine rings is 2. The van der Waals surface area contributed by atoms with Crippen molar-refractivity contribution in [2.24, 2.45) is 0 Å². The number of nitrogens with zero attached hydrogens (tertiary/aromatic N) is 3. The Morgan fingerprint density at radius 1 is 1.12 bits per heavy atom. The fourth-order valence-electron chi connectivity index (χ4n) is 4.45. The van der Waals surface area contributed by atoms with Gasteiger partial charge in [-0.05, 0) is 38.9 Å². The topological polar surface area (TPSA) is 72.3 Å². The summed E-state index contributed by atoms with van der Waals surface area (Å²) in [5, 5.41) is 0.505. The van der Waals surface area contributed by atoms with Crippen LogP contribution in [-0.4, -0.2) is 44.1 Å². The highest BCUT2D eigenvalue weighted by Crippen LogP contribution is 2.39. The molecule has 130 valence electrons. The summed E-state index contributed by atoms with van der Waals surface area (Å²) >= 11 is 0. The van der Waals surface area contributed by atoms with Gasteiger partial charge in [-0.1, -0.05) is 12.1 Å². The van der Waals surface area contributed by atoms with Gasteiger partial charge in [0.05, 0.1) is 23.3 Å². The fourth-order valence-corrected chi connectivity index (χ4v) is 4.45. The second-order valence-electron chi connectivity index (χ2n) is 7.48. The number of rotatable bonds is 1. The van der Waals surface area contributed by atoms with Crippen LogP contribution in [0.2, 0.25) is 0 Å². The van der Waals surface area contributed by atoms with Gasteiger partial charge in [0.25, 0.3) is 5.56 Å². The minimum Gasteiger partial charge on any atom is -0.298 e. The molecular weight excluding hydrogens is 318 g/mol. The van der Waals surface area contributed by atoms with Crippen LogP contribution in [0.1, 0.15) is 39.2 Å². The van der Waals surface area contributed by atoms with Crippen LogP contribution in [0.15, 0.2) is 35.4 Å². The molecule has 2 aliphatic heterocycles. The minimum absolute atomic E-state index is 0.0688. The minimum atomic E-state index is -0.640. The second-order valence-corrected chi connectivity index (χ2v) is 7.48. The average molecular weight is 339 g/mol. The van der Waals surface area contributed by atoms with Gasteiger partial charge in [0.15, 0.2) is 5.78 Å². The molecule has 0 N–H and O–H groups in total. The maximum absolute atomic E-state index is 13.0. The van der Waals surface area contributed by atoms with Gasteiger partial charge in [0, 0.05) is 18.4 Å². The van der Waals surface area contributed by atoms with Crippen molar-refractivity contribution in [3.8, 4) is 0 Å². The lowest BCUT2D eigenvalue weighted by Gasteiger charge is -2.52. The van der Waals surface area contributed by atoms with E-state index in [9.17, 15) is 14.4 Å². The number of para-hydroxylation sites is 1. The first-order chi connectivity index (χ1) is 11.9. The van der Waals surface area contributed by atoms with Crippen molar-refractivity contribution in [2.75, 3.05) is 6.54 Å². The summed E-state index contributed by atoms with van der Waals surface area (Å²) in [6.07, 6.45) is 2.98. The molecule has 0 radical (unpaired) electrons. The van der Waals surface area contributed by atoms with Crippen LogP contribution in [0.25, 0.3) is 10.9 Å².